The molecule has 1 aromatic rings. The first kappa shape index (κ1) is 16.4. The minimum Gasteiger partial charge on any atom is -0.318 e. The van der Waals surface area contributed by atoms with Crippen molar-refractivity contribution in [1.29, 1.82) is 0 Å². The van der Waals surface area contributed by atoms with E-state index in [-0.39, 0.29) is 24.2 Å². The Morgan fingerprint density at radius 3 is 2.57 bits per heavy atom. The number of carbonyl (C=O) groups excluding carboxylic acids is 1. The minimum absolute atomic E-state index is 0.0109. The van der Waals surface area contributed by atoms with E-state index in [1.807, 2.05) is 4.90 Å². The van der Waals surface area contributed by atoms with Crippen molar-refractivity contribution in [2.45, 2.75) is 51.9 Å². The summed E-state index contributed by atoms with van der Waals surface area (Å²) in [6.45, 7) is 6.36. The largest absolute Gasteiger partial charge is 0.318 e. The number of rotatable bonds is 6. The molecule has 1 aliphatic rings. The highest BCUT2D eigenvalue weighted by atomic mass is 32.2. The van der Waals surface area contributed by atoms with E-state index >= 15 is 0 Å². The smallest absolute Gasteiger partial charge is 0.241 e. The molecule has 2 rings (SSSR count). The van der Waals surface area contributed by atoms with E-state index in [1.54, 1.807) is 11.8 Å². The Morgan fingerprint density at radius 2 is 2.00 bits per heavy atom. The van der Waals surface area contributed by atoms with Gasteiger partial charge >= 0.3 is 0 Å². The first-order chi connectivity index (χ1) is 10.1. The van der Waals surface area contributed by atoms with Crippen LogP contribution in [0.5, 0.6) is 0 Å². The summed E-state index contributed by atoms with van der Waals surface area (Å²) in [5.74, 6) is 1.22. The molecule has 1 aromatic carbocycles. The van der Waals surface area contributed by atoms with Crippen molar-refractivity contribution in [2.75, 3.05) is 12.0 Å². The molecule has 1 heterocycles. The number of nitrogens with zero attached hydrogens (tertiary/aromatic N) is 1. The molecule has 3 nitrogen and oxygen atoms in total. The van der Waals surface area contributed by atoms with Gasteiger partial charge in [0.15, 0.2) is 0 Å². The van der Waals surface area contributed by atoms with Crippen LogP contribution in [-0.4, -0.2) is 34.9 Å². The fourth-order valence-corrected chi connectivity index (χ4v) is 3.59. The molecule has 0 saturated carbocycles. The molecule has 21 heavy (non-hydrogen) atoms. The molecule has 0 aliphatic carbocycles. The van der Waals surface area contributed by atoms with Crippen LogP contribution in [0.2, 0.25) is 0 Å². The lowest BCUT2D eigenvalue weighted by molar-refractivity contribution is -0.131. The molecule has 0 aromatic heterocycles. The third-order valence-electron chi connectivity index (χ3n) is 4.04. The average Bonchev–Trinajstić information content (AvgIpc) is 2.78. The van der Waals surface area contributed by atoms with Crippen molar-refractivity contribution in [2.24, 2.45) is 0 Å². The molecule has 3 atom stereocenters. The topological polar surface area (TPSA) is 32.3 Å². The first-order valence-corrected chi connectivity index (χ1v) is 9.11. The van der Waals surface area contributed by atoms with Crippen molar-refractivity contribution in [3.63, 3.8) is 0 Å². The minimum atomic E-state index is -0.0365. The van der Waals surface area contributed by atoms with E-state index in [0.717, 1.165) is 18.6 Å². The highest BCUT2D eigenvalue weighted by Crippen LogP contribution is 2.30. The molecule has 1 N–H and O–H groups in total. The Morgan fingerprint density at radius 1 is 1.33 bits per heavy atom. The Kier molecular flexibility index (Phi) is 5.71. The maximum Gasteiger partial charge on any atom is 0.241 e. The van der Waals surface area contributed by atoms with E-state index in [0.29, 0.717) is 0 Å². The van der Waals surface area contributed by atoms with Crippen molar-refractivity contribution in [3.05, 3.63) is 35.4 Å². The SMILES string of the molecule is CCCC1NC(c2ccc(C)cc2)N(C(C)CSC)C1=O. The van der Waals surface area contributed by atoms with E-state index in [4.69, 9.17) is 0 Å². The third-order valence-corrected chi connectivity index (χ3v) is 4.86. The number of carbonyl (C=O) groups is 1. The number of benzene rings is 1. The normalized spacial score (nSPS) is 23.6. The van der Waals surface area contributed by atoms with Crippen LogP contribution in [0.4, 0.5) is 0 Å². The second-order valence-corrected chi connectivity index (χ2v) is 6.78. The van der Waals surface area contributed by atoms with Crippen LogP contribution in [0.25, 0.3) is 0 Å². The van der Waals surface area contributed by atoms with Gasteiger partial charge in [-0.25, -0.2) is 0 Å². The lowest BCUT2D eigenvalue weighted by Gasteiger charge is -2.30. The van der Waals surface area contributed by atoms with Gasteiger partial charge in [-0.15, -0.1) is 0 Å². The predicted molar refractivity (Wildman–Crippen MR) is 90.4 cm³/mol. The number of hydrogen-bond acceptors (Lipinski definition) is 3. The molecular weight excluding hydrogens is 280 g/mol. The van der Waals surface area contributed by atoms with Gasteiger partial charge in [-0.2, -0.15) is 11.8 Å². The van der Waals surface area contributed by atoms with Gasteiger partial charge in [0.1, 0.15) is 6.17 Å². The van der Waals surface area contributed by atoms with Gasteiger partial charge < -0.3 is 4.90 Å². The van der Waals surface area contributed by atoms with Crippen LogP contribution in [0.3, 0.4) is 0 Å². The standard InChI is InChI=1S/C17H26N2OS/c1-5-6-15-17(20)19(13(3)11-21-4)16(18-15)14-9-7-12(2)8-10-14/h7-10,13,15-16,18H,5-6,11H2,1-4H3. The number of aryl methyl sites for hydroxylation is 1. The molecule has 3 unspecified atom stereocenters. The molecular formula is C17H26N2OS. The maximum absolute atomic E-state index is 12.7. The molecule has 1 fully saturated rings. The molecule has 0 bridgehead atoms. The molecule has 0 spiro atoms. The second kappa shape index (κ2) is 7.32. The fraction of sp³-hybridized carbons (Fsp3) is 0.588. The van der Waals surface area contributed by atoms with Crippen molar-refractivity contribution < 1.29 is 4.79 Å². The van der Waals surface area contributed by atoms with Crippen LogP contribution in [0.15, 0.2) is 24.3 Å². The summed E-state index contributed by atoms with van der Waals surface area (Å²) in [6, 6.07) is 8.71. The van der Waals surface area contributed by atoms with Crippen molar-refractivity contribution in [3.8, 4) is 0 Å². The highest BCUT2D eigenvalue weighted by molar-refractivity contribution is 7.98. The van der Waals surface area contributed by atoms with Crippen LogP contribution in [-0.2, 0) is 4.79 Å². The summed E-state index contributed by atoms with van der Waals surface area (Å²) in [7, 11) is 0. The fourth-order valence-electron chi connectivity index (χ4n) is 2.94. The summed E-state index contributed by atoms with van der Waals surface area (Å²) < 4.78 is 0. The molecule has 1 saturated heterocycles. The summed E-state index contributed by atoms with van der Waals surface area (Å²) in [5, 5.41) is 3.53. The first-order valence-electron chi connectivity index (χ1n) is 7.72. The van der Waals surface area contributed by atoms with E-state index in [1.165, 1.54) is 11.1 Å². The quantitative estimate of drug-likeness (QED) is 0.875. The zero-order chi connectivity index (χ0) is 15.4. The van der Waals surface area contributed by atoms with Crippen LogP contribution in [0.1, 0.15) is 44.0 Å². The van der Waals surface area contributed by atoms with E-state index in [9.17, 15) is 4.79 Å². The van der Waals surface area contributed by atoms with Gasteiger partial charge in [0.05, 0.1) is 6.04 Å². The second-order valence-electron chi connectivity index (χ2n) is 5.87. The lowest BCUT2D eigenvalue weighted by Crippen LogP contribution is -2.39. The molecule has 116 valence electrons. The maximum atomic E-state index is 12.7. The molecule has 1 aliphatic heterocycles. The van der Waals surface area contributed by atoms with Crippen molar-refractivity contribution >= 4 is 17.7 Å². The number of thioether (sulfide) groups is 1. The highest BCUT2D eigenvalue weighted by Gasteiger charge is 2.41. The number of hydrogen-bond donors (Lipinski definition) is 1. The molecule has 1 amide bonds. The summed E-state index contributed by atoms with van der Waals surface area (Å²) in [5.41, 5.74) is 2.43. The van der Waals surface area contributed by atoms with Gasteiger partial charge in [0, 0.05) is 11.8 Å². The lowest BCUT2D eigenvalue weighted by atomic mass is 10.1. The third kappa shape index (κ3) is 3.61. The summed E-state index contributed by atoms with van der Waals surface area (Å²) in [4.78, 5) is 14.8. The predicted octanol–water partition coefficient (Wildman–Crippen LogP) is 3.35. The van der Waals surface area contributed by atoms with Crippen molar-refractivity contribution in [1.82, 2.24) is 10.2 Å². The summed E-state index contributed by atoms with van der Waals surface area (Å²) >= 11 is 1.79. The molecule has 0 radical (unpaired) electrons. The Balaban J connectivity index is 2.26. The monoisotopic (exact) mass is 306 g/mol. The zero-order valence-electron chi connectivity index (χ0n) is 13.4. The van der Waals surface area contributed by atoms with E-state index < -0.39 is 0 Å². The van der Waals surface area contributed by atoms with Gasteiger partial charge in [-0.3, -0.25) is 10.1 Å². The van der Waals surface area contributed by atoms with Crippen LogP contribution in [0, 0.1) is 6.92 Å². The van der Waals surface area contributed by atoms with E-state index in [2.05, 4.69) is 56.6 Å². The van der Waals surface area contributed by atoms with Gasteiger partial charge in [-0.1, -0.05) is 43.2 Å². The van der Waals surface area contributed by atoms with Crippen LogP contribution >= 0.6 is 11.8 Å². The Labute approximate surface area is 132 Å². The van der Waals surface area contributed by atoms with Gasteiger partial charge in [-0.05, 0) is 32.1 Å². The number of amides is 1. The van der Waals surface area contributed by atoms with Crippen LogP contribution < -0.4 is 5.32 Å². The summed E-state index contributed by atoms with van der Waals surface area (Å²) in [6.07, 6.45) is 4.03. The number of nitrogens with one attached hydrogen (secondary N) is 1. The van der Waals surface area contributed by atoms with Gasteiger partial charge in [0.2, 0.25) is 5.91 Å². The Bertz CT molecular complexity index is 474. The average molecular weight is 306 g/mol. The molecule has 4 heteroatoms. The Hall–Kier alpha value is -1.00. The van der Waals surface area contributed by atoms with Gasteiger partial charge in [0.25, 0.3) is 0 Å². The zero-order valence-corrected chi connectivity index (χ0v) is 14.2.